The van der Waals surface area contributed by atoms with Gasteiger partial charge in [0.05, 0.1) is 37.9 Å². The van der Waals surface area contributed by atoms with E-state index in [-0.39, 0.29) is 19.9 Å². The zero-order valence-corrected chi connectivity index (χ0v) is 46.7. The molecule has 382 valence electrons. The lowest BCUT2D eigenvalue weighted by atomic mass is 10.0. The van der Waals surface area contributed by atoms with Crippen LogP contribution in [0.2, 0.25) is 0 Å². The fourth-order valence-corrected chi connectivity index (χ4v) is 8.45. The van der Waals surface area contributed by atoms with Gasteiger partial charge in [0, 0.05) is 41.5 Å². The van der Waals surface area contributed by atoms with Crippen LogP contribution in [0.15, 0.2) is 0 Å². The van der Waals surface area contributed by atoms with Crippen LogP contribution < -0.4 is 5.73 Å². The normalized spacial score (nSPS) is 10.8. The number of nitrogen functional groups attached to an aromatic ring is 1. The van der Waals surface area contributed by atoms with Gasteiger partial charge in [0.25, 0.3) is 0 Å². The van der Waals surface area contributed by atoms with Gasteiger partial charge >= 0.3 is 11.9 Å². The van der Waals surface area contributed by atoms with Gasteiger partial charge < -0.3 is 33.5 Å². The molecule has 0 unspecified atom stereocenters. The molecule has 0 aliphatic carbocycles. The van der Waals surface area contributed by atoms with Gasteiger partial charge in [0.1, 0.15) is 22.8 Å². The van der Waals surface area contributed by atoms with Gasteiger partial charge in [-0.15, -0.1) is 0 Å². The number of Topliss-reactive ketones (excluding diaryl/α,β-unsaturated/α-hetero) is 1. The van der Waals surface area contributed by atoms with E-state index < -0.39 is 11.8 Å². The molecule has 0 fully saturated rings. The topological polar surface area (TPSA) is 181 Å². The van der Waals surface area contributed by atoms with Gasteiger partial charge in [-0.25, -0.2) is 29.5 Å². The molecule has 14 nitrogen and oxygen atoms in total. The average molecular weight is 964 g/mol. The van der Waals surface area contributed by atoms with Crippen LogP contribution >= 0.6 is 0 Å². The van der Waals surface area contributed by atoms with Gasteiger partial charge in [-0.05, 0) is 205 Å². The number of methoxy groups -OCH3 is 2. The summed E-state index contributed by atoms with van der Waals surface area (Å²) in [5, 5.41) is 9.26. The van der Waals surface area contributed by atoms with E-state index >= 15 is 0 Å². The smallest absolute Gasteiger partial charge is 0.374 e. The summed E-state index contributed by atoms with van der Waals surface area (Å²) in [5.41, 5.74) is 33.9. The van der Waals surface area contributed by atoms with Crippen molar-refractivity contribution < 1.29 is 30.4 Å². The molecule has 0 atom stereocenters. The van der Waals surface area contributed by atoms with E-state index in [1.165, 1.54) is 92.6 Å². The van der Waals surface area contributed by atoms with Crippen LogP contribution in [0.1, 0.15) is 151 Å². The number of ketones is 1. The van der Waals surface area contributed by atoms with Crippen molar-refractivity contribution in [2.45, 2.75) is 165 Å². The second-order valence-electron chi connectivity index (χ2n) is 18.7. The summed E-state index contributed by atoms with van der Waals surface area (Å²) in [6.45, 7) is 45.1. The first kappa shape index (κ1) is 57.9. The third-order valence-corrected chi connectivity index (χ3v) is 14.6. The van der Waals surface area contributed by atoms with Crippen LogP contribution in [0.3, 0.4) is 0 Å². The monoisotopic (exact) mass is 964 g/mol. The predicted octanol–water partition coefficient (Wildman–Crippen LogP) is 11.0. The largest absolute Gasteiger partial charge is 0.464 e. The van der Waals surface area contributed by atoms with E-state index in [0.29, 0.717) is 11.5 Å². The van der Waals surface area contributed by atoms with Crippen LogP contribution in [0.25, 0.3) is 16.9 Å². The number of esters is 2. The highest BCUT2D eigenvalue weighted by Crippen LogP contribution is 2.28. The molecule has 7 aromatic heterocycles. The number of pyridine rings is 4. The van der Waals surface area contributed by atoms with Gasteiger partial charge in [0.15, 0.2) is 5.69 Å². The molecular formula is C56H82N8O6. The number of hydrogen-bond acceptors (Lipinski definition) is 11. The molecule has 7 aromatic rings. The van der Waals surface area contributed by atoms with E-state index in [1.807, 2.05) is 45.9 Å². The lowest BCUT2D eigenvalue weighted by Crippen LogP contribution is -2.20. The Hall–Kier alpha value is -6.41. The van der Waals surface area contributed by atoms with Crippen LogP contribution in [-0.4, -0.2) is 70.2 Å². The number of ether oxygens (including phenoxy) is 2. The van der Waals surface area contributed by atoms with Gasteiger partial charge in [-0.3, -0.25) is 4.79 Å². The average Bonchev–Trinajstić information content (AvgIpc) is 4.00. The van der Waals surface area contributed by atoms with Crippen molar-refractivity contribution in [3.8, 4) is 0 Å². The van der Waals surface area contributed by atoms with Gasteiger partial charge in [0.2, 0.25) is 5.78 Å². The number of aliphatic hydroxyl groups is 1. The van der Waals surface area contributed by atoms with E-state index in [2.05, 4.69) is 125 Å². The minimum Gasteiger partial charge on any atom is -0.464 e. The van der Waals surface area contributed by atoms with Crippen molar-refractivity contribution in [2.75, 3.05) is 20.0 Å². The summed E-state index contributed by atoms with van der Waals surface area (Å²) in [6.07, 6.45) is 1.00. The van der Waals surface area contributed by atoms with Crippen LogP contribution in [-0.2, 0) is 32.1 Å². The fraction of sp³-hybridized carbons (Fsp3) is 0.482. The molecule has 14 heteroatoms. The third kappa shape index (κ3) is 11.3. The van der Waals surface area contributed by atoms with Crippen LogP contribution in [0, 0.1) is 137 Å². The molecular weight excluding hydrogens is 881 g/mol. The standard InChI is InChI=1S/C14H18N2O2.C14H20N2.C13H18N2O.C9H14N2.C6H10O3.H2/c1-7-8(2)10(4)16-11(5)12(14(17)18-6)15-13(16)9(7)3;1-7-13-12(6)16-11(5)9(3)8(2)10(4)14(16)15-13;1-7-8(2)10(4)15-11(5)12(6-16)14-13(15)9(7)3;1-5-6(2)8(4)11-9(10)7(5)3;1-4(2)5(7)6(8)9-3;/h1-6H3;7H2,1-6H3;16H,6H2,1-5H3;1-4H3,(H2,10,11);4H,1-3H3;1H/i;;;;;1+1. The number of carbonyl (C=O) groups excluding carboxylic acids is 3. The molecule has 70 heavy (non-hydrogen) atoms. The number of nitrogens with two attached hydrogens (primary N) is 1. The van der Waals surface area contributed by atoms with Crippen molar-refractivity contribution >= 4 is 40.5 Å². The highest BCUT2D eigenvalue weighted by molar-refractivity contribution is 6.34. The fourth-order valence-electron chi connectivity index (χ4n) is 8.45. The molecule has 0 bridgehead atoms. The second kappa shape index (κ2) is 23.5. The highest BCUT2D eigenvalue weighted by Gasteiger charge is 2.21. The highest BCUT2D eigenvalue weighted by atomic mass is 16.5. The molecule has 0 aliphatic rings. The number of aryl methyl sites for hydroxylation is 11. The Morgan fingerprint density at radius 3 is 1.23 bits per heavy atom. The predicted molar refractivity (Wildman–Crippen MR) is 285 cm³/mol. The molecule has 0 saturated carbocycles. The maximum atomic E-state index is 11.7. The van der Waals surface area contributed by atoms with Gasteiger partial charge in [-0.2, -0.15) is 0 Å². The lowest BCUT2D eigenvalue weighted by Gasteiger charge is -2.12. The number of rotatable bonds is 5. The minimum absolute atomic E-state index is 0. The second-order valence-corrected chi connectivity index (χ2v) is 18.7. The summed E-state index contributed by atoms with van der Waals surface area (Å²) in [7, 11) is 2.57. The first-order chi connectivity index (χ1) is 32.5. The Balaban J connectivity index is 0.000000309. The summed E-state index contributed by atoms with van der Waals surface area (Å²) < 4.78 is 15.4. The summed E-state index contributed by atoms with van der Waals surface area (Å²) in [4.78, 5) is 50.6. The van der Waals surface area contributed by atoms with E-state index in [9.17, 15) is 19.5 Å². The van der Waals surface area contributed by atoms with Crippen molar-refractivity contribution in [3.05, 3.63) is 124 Å². The lowest BCUT2D eigenvalue weighted by molar-refractivity contribution is -0.153. The minimum atomic E-state index is -0.759. The Kier molecular flexibility index (Phi) is 19.4. The summed E-state index contributed by atoms with van der Waals surface area (Å²) >= 11 is 0. The number of aliphatic hydroxyl groups excluding tert-OH is 1. The zero-order chi connectivity index (χ0) is 53.7. The molecule has 7 rings (SSSR count). The number of carbonyl (C=O) groups is 3. The Morgan fingerprint density at radius 1 is 0.500 bits per heavy atom. The Bertz CT molecular complexity index is 3010. The maximum absolute atomic E-state index is 11.7. The first-order valence-corrected chi connectivity index (χ1v) is 23.9. The molecule has 0 radical (unpaired) electrons. The number of fused-ring (bicyclic) bond motifs is 3. The quantitative estimate of drug-likeness (QED) is 0.124. The molecule has 0 aliphatic heterocycles. The number of nitrogens with zero attached hydrogens (tertiary/aromatic N) is 7. The van der Waals surface area contributed by atoms with Crippen molar-refractivity contribution in [1.29, 1.82) is 0 Å². The first-order valence-electron chi connectivity index (χ1n) is 23.9. The molecule has 0 aromatic carbocycles. The molecule has 0 amide bonds. The Morgan fingerprint density at radius 2 is 0.871 bits per heavy atom. The third-order valence-electron chi connectivity index (χ3n) is 14.6. The summed E-state index contributed by atoms with van der Waals surface area (Å²) in [6, 6.07) is 0. The summed E-state index contributed by atoms with van der Waals surface area (Å²) in [5.74, 6) is -1.23. The van der Waals surface area contributed by atoms with E-state index in [4.69, 9.17) is 15.5 Å². The number of hydrogen-bond donors (Lipinski definition) is 2. The van der Waals surface area contributed by atoms with E-state index in [1.54, 1.807) is 13.8 Å². The number of anilines is 1. The van der Waals surface area contributed by atoms with Crippen LogP contribution in [0.4, 0.5) is 5.82 Å². The molecule has 3 N–H and O–H groups in total. The molecule has 7 heterocycles. The molecule has 0 spiro atoms. The van der Waals surface area contributed by atoms with E-state index in [0.717, 1.165) is 63.0 Å². The zero-order valence-electron chi connectivity index (χ0n) is 46.7. The van der Waals surface area contributed by atoms with Crippen molar-refractivity contribution in [2.24, 2.45) is 5.92 Å². The van der Waals surface area contributed by atoms with Crippen molar-refractivity contribution in [3.63, 3.8) is 0 Å². The van der Waals surface area contributed by atoms with Crippen LogP contribution in [0.5, 0.6) is 0 Å². The van der Waals surface area contributed by atoms with Crippen molar-refractivity contribution in [1.82, 2.24) is 33.1 Å². The SMILES string of the molecule is CCc1nc2c(C)c(C)c(C)c(C)n2c1C.COC(=O)C(=O)C(C)C.COC(=O)c1nc2c(C)c(C)c(C)c(C)n2c1C.Cc1c(C)c(C)n2c(C)c(CO)nc2c1C.Cc1nc(N)c(C)c(C)c1C.[2HH]. The molecule has 0 saturated heterocycles. The number of aromatic nitrogens is 7. The van der Waals surface area contributed by atoms with Gasteiger partial charge in [-0.1, -0.05) is 20.8 Å². The Labute approximate surface area is 417 Å². The maximum Gasteiger partial charge on any atom is 0.374 e. The number of imidazole rings is 3.